The third kappa shape index (κ3) is 5.21. The van der Waals surface area contributed by atoms with Gasteiger partial charge >= 0.3 is 12.1 Å². The number of hydrogen-bond acceptors (Lipinski definition) is 2. The minimum Gasteiger partial charge on any atom is -0.318 e. The molecular weight excluding hydrogens is 269 g/mol. The van der Waals surface area contributed by atoms with Gasteiger partial charge in [0, 0.05) is 18.3 Å². The second-order valence-corrected chi connectivity index (χ2v) is 5.07. The highest BCUT2D eigenvalue weighted by molar-refractivity contribution is 5.94. The van der Waals surface area contributed by atoms with Crippen molar-refractivity contribution in [3.8, 4) is 0 Å². The molecular formula is C14H19F3N2O. The normalized spacial score (nSPS) is 13.3. The maximum Gasteiger partial charge on any atom is 0.471 e. The number of rotatable bonds is 5. The number of benzene rings is 1. The lowest BCUT2D eigenvalue weighted by Crippen LogP contribution is -2.31. The molecule has 6 heteroatoms. The monoisotopic (exact) mass is 288 g/mol. The zero-order chi connectivity index (χ0) is 15.3. The van der Waals surface area contributed by atoms with Gasteiger partial charge in [0.15, 0.2) is 0 Å². The van der Waals surface area contributed by atoms with Crippen molar-refractivity contribution in [3.63, 3.8) is 0 Å². The van der Waals surface area contributed by atoms with E-state index in [2.05, 4.69) is 19.2 Å². The van der Waals surface area contributed by atoms with E-state index in [1.165, 1.54) is 12.1 Å². The molecule has 1 unspecified atom stereocenters. The first kappa shape index (κ1) is 16.5. The molecule has 3 nitrogen and oxygen atoms in total. The van der Waals surface area contributed by atoms with Gasteiger partial charge in [-0.1, -0.05) is 26.0 Å². The van der Waals surface area contributed by atoms with Crippen molar-refractivity contribution >= 4 is 11.6 Å². The first-order valence-corrected chi connectivity index (χ1v) is 6.40. The first-order chi connectivity index (χ1) is 9.20. The average Bonchev–Trinajstić information content (AvgIpc) is 2.35. The van der Waals surface area contributed by atoms with E-state index in [1.807, 2.05) is 12.2 Å². The third-order valence-corrected chi connectivity index (χ3v) is 3.07. The SMILES string of the molecule is CC(C)C(C)NCc1cccc(NC(=O)C(F)(F)F)c1. The van der Waals surface area contributed by atoms with E-state index in [0.29, 0.717) is 18.5 Å². The van der Waals surface area contributed by atoms with Crippen LogP contribution in [0.5, 0.6) is 0 Å². The Morgan fingerprint density at radius 3 is 2.45 bits per heavy atom. The Hall–Kier alpha value is -1.56. The summed E-state index contributed by atoms with van der Waals surface area (Å²) in [5, 5.41) is 5.12. The molecule has 20 heavy (non-hydrogen) atoms. The minimum atomic E-state index is -4.87. The molecule has 1 aromatic rings. The van der Waals surface area contributed by atoms with Crippen LogP contribution < -0.4 is 10.6 Å². The highest BCUT2D eigenvalue weighted by Crippen LogP contribution is 2.19. The molecule has 0 aliphatic heterocycles. The summed E-state index contributed by atoms with van der Waals surface area (Å²) in [5.41, 5.74) is 0.960. The lowest BCUT2D eigenvalue weighted by Gasteiger charge is -2.17. The van der Waals surface area contributed by atoms with Crippen LogP contribution in [-0.2, 0) is 11.3 Å². The summed E-state index contributed by atoms with van der Waals surface area (Å²) in [4.78, 5) is 10.8. The number of halogens is 3. The third-order valence-electron chi connectivity index (χ3n) is 3.07. The van der Waals surface area contributed by atoms with E-state index in [4.69, 9.17) is 0 Å². The molecule has 1 amide bonds. The predicted octanol–water partition coefficient (Wildman–Crippen LogP) is 3.32. The van der Waals surface area contributed by atoms with Crippen molar-refractivity contribution in [2.24, 2.45) is 5.92 Å². The van der Waals surface area contributed by atoms with E-state index >= 15 is 0 Å². The second-order valence-electron chi connectivity index (χ2n) is 5.07. The number of hydrogen-bond donors (Lipinski definition) is 2. The molecule has 0 spiro atoms. The highest BCUT2D eigenvalue weighted by atomic mass is 19.4. The van der Waals surface area contributed by atoms with Crippen LogP contribution in [0, 0.1) is 5.92 Å². The number of amides is 1. The molecule has 0 aliphatic carbocycles. The van der Waals surface area contributed by atoms with Crippen molar-refractivity contribution in [2.45, 2.75) is 39.5 Å². The summed E-state index contributed by atoms with van der Waals surface area (Å²) in [6.07, 6.45) is -4.87. The predicted molar refractivity (Wildman–Crippen MR) is 72.3 cm³/mol. The van der Waals surface area contributed by atoms with Gasteiger partial charge < -0.3 is 10.6 Å². The molecule has 0 radical (unpaired) electrons. The van der Waals surface area contributed by atoms with Gasteiger partial charge in [-0.2, -0.15) is 13.2 Å². The molecule has 0 aromatic heterocycles. The van der Waals surface area contributed by atoms with Crippen molar-refractivity contribution in [3.05, 3.63) is 29.8 Å². The Kier molecular flexibility index (Phi) is 5.56. The molecule has 0 heterocycles. The smallest absolute Gasteiger partial charge is 0.318 e. The van der Waals surface area contributed by atoms with Gasteiger partial charge in [-0.25, -0.2) is 0 Å². The molecule has 0 bridgehead atoms. The molecule has 2 N–H and O–H groups in total. The van der Waals surface area contributed by atoms with Gasteiger partial charge in [-0.3, -0.25) is 4.79 Å². The quantitative estimate of drug-likeness (QED) is 0.872. The van der Waals surface area contributed by atoms with Gasteiger partial charge in [-0.15, -0.1) is 0 Å². The number of alkyl halides is 3. The van der Waals surface area contributed by atoms with Crippen molar-refractivity contribution < 1.29 is 18.0 Å². The Morgan fingerprint density at radius 2 is 1.90 bits per heavy atom. The van der Waals surface area contributed by atoms with Gasteiger partial charge in [0.1, 0.15) is 0 Å². The molecule has 0 fully saturated rings. The molecule has 0 saturated carbocycles. The van der Waals surface area contributed by atoms with Crippen molar-refractivity contribution in [1.29, 1.82) is 0 Å². The topological polar surface area (TPSA) is 41.1 Å². The summed E-state index contributed by atoms with van der Waals surface area (Å²) in [7, 11) is 0. The van der Waals surface area contributed by atoms with E-state index in [1.54, 1.807) is 12.1 Å². The van der Waals surface area contributed by atoms with Crippen LogP contribution in [0.3, 0.4) is 0 Å². The lowest BCUT2D eigenvalue weighted by molar-refractivity contribution is -0.167. The fourth-order valence-corrected chi connectivity index (χ4v) is 1.48. The number of nitrogens with one attached hydrogen (secondary N) is 2. The van der Waals surface area contributed by atoms with Crippen LogP contribution in [0.2, 0.25) is 0 Å². The number of carbonyl (C=O) groups is 1. The molecule has 0 saturated heterocycles. The van der Waals surface area contributed by atoms with Crippen LogP contribution in [0.1, 0.15) is 26.3 Å². The largest absolute Gasteiger partial charge is 0.471 e. The maximum absolute atomic E-state index is 12.2. The zero-order valence-electron chi connectivity index (χ0n) is 11.7. The van der Waals surface area contributed by atoms with Crippen LogP contribution >= 0.6 is 0 Å². The number of carbonyl (C=O) groups excluding carboxylic acids is 1. The molecule has 112 valence electrons. The Morgan fingerprint density at radius 1 is 1.25 bits per heavy atom. The summed E-state index contributed by atoms with van der Waals surface area (Å²) < 4.78 is 36.5. The molecule has 1 rings (SSSR count). The highest BCUT2D eigenvalue weighted by Gasteiger charge is 2.38. The Balaban J connectivity index is 2.64. The summed E-state index contributed by atoms with van der Waals surface area (Å²) in [6, 6.07) is 6.66. The van der Waals surface area contributed by atoms with Crippen LogP contribution in [0.15, 0.2) is 24.3 Å². The van der Waals surface area contributed by atoms with Gasteiger partial charge in [0.2, 0.25) is 0 Å². The lowest BCUT2D eigenvalue weighted by atomic mass is 10.1. The maximum atomic E-state index is 12.2. The van der Waals surface area contributed by atoms with Crippen LogP contribution in [-0.4, -0.2) is 18.1 Å². The fraction of sp³-hybridized carbons (Fsp3) is 0.500. The van der Waals surface area contributed by atoms with Gasteiger partial charge in [0.25, 0.3) is 0 Å². The summed E-state index contributed by atoms with van der Waals surface area (Å²) in [6.45, 7) is 6.74. The molecule has 0 aliphatic rings. The van der Waals surface area contributed by atoms with E-state index in [-0.39, 0.29) is 5.69 Å². The first-order valence-electron chi connectivity index (χ1n) is 6.40. The van der Waals surface area contributed by atoms with Gasteiger partial charge in [0.05, 0.1) is 0 Å². The van der Waals surface area contributed by atoms with E-state index in [0.717, 1.165) is 5.56 Å². The van der Waals surface area contributed by atoms with E-state index < -0.39 is 12.1 Å². The Bertz CT molecular complexity index is 458. The van der Waals surface area contributed by atoms with Crippen LogP contribution in [0.4, 0.5) is 18.9 Å². The number of anilines is 1. The minimum absolute atomic E-state index is 0.142. The molecule has 1 aromatic carbocycles. The molecule has 1 atom stereocenters. The zero-order valence-corrected chi connectivity index (χ0v) is 11.7. The fourth-order valence-electron chi connectivity index (χ4n) is 1.48. The van der Waals surface area contributed by atoms with E-state index in [9.17, 15) is 18.0 Å². The van der Waals surface area contributed by atoms with Gasteiger partial charge in [-0.05, 0) is 30.5 Å². The second kappa shape index (κ2) is 6.74. The van der Waals surface area contributed by atoms with Crippen LogP contribution in [0.25, 0.3) is 0 Å². The van der Waals surface area contributed by atoms with Crippen molar-refractivity contribution in [2.75, 3.05) is 5.32 Å². The van der Waals surface area contributed by atoms with Crippen molar-refractivity contribution in [1.82, 2.24) is 5.32 Å². The summed E-state index contributed by atoms with van der Waals surface area (Å²) >= 11 is 0. The average molecular weight is 288 g/mol. The Labute approximate surface area is 116 Å². The standard InChI is InChI=1S/C14H19F3N2O/c1-9(2)10(3)18-8-11-5-4-6-12(7-11)19-13(20)14(15,16)17/h4-7,9-10,18H,8H2,1-3H3,(H,19,20). The summed E-state index contributed by atoms with van der Waals surface area (Å²) in [5.74, 6) is -1.50.